The first-order chi connectivity index (χ1) is 9.70. The van der Waals surface area contributed by atoms with Crippen LogP contribution in [-0.2, 0) is 0 Å². The molecule has 1 saturated carbocycles. The number of hydrogen-bond acceptors (Lipinski definition) is 2. The van der Waals surface area contributed by atoms with E-state index in [1.165, 1.54) is 37.8 Å². The maximum atomic E-state index is 6.05. The topological polar surface area (TPSA) is 52.0 Å². The summed E-state index contributed by atoms with van der Waals surface area (Å²) in [7, 11) is 0. The van der Waals surface area contributed by atoms with E-state index in [4.69, 9.17) is 5.73 Å². The standard InChI is InChI=1S/C17H27N3/c1-3-4-5-6-7-13-11(2)10-12-8-9-14-15(12)16(13)20-17(18)19-14/h5-6,11-14H,3-4,7-10H2,1-2H3,(H3,18,19,20)/p+1/b6-5-/t11-,12+,13+,14+/m1/s1. The molecule has 0 aromatic rings. The van der Waals surface area contributed by atoms with E-state index in [1.807, 2.05) is 0 Å². The highest BCUT2D eigenvalue weighted by Gasteiger charge is 2.45. The third kappa shape index (κ3) is 2.38. The van der Waals surface area contributed by atoms with Crippen LogP contribution in [0.2, 0.25) is 0 Å². The Morgan fingerprint density at radius 2 is 2.20 bits per heavy atom. The number of hydrogen-bond donors (Lipinski definition) is 3. The molecule has 0 aromatic heterocycles. The number of guanidine groups is 1. The zero-order valence-electron chi connectivity index (χ0n) is 12.8. The molecular weight excluding hydrogens is 246 g/mol. The van der Waals surface area contributed by atoms with Gasteiger partial charge in [-0.1, -0.05) is 32.4 Å². The fourth-order valence-electron chi connectivity index (χ4n) is 4.29. The molecule has 3 aliphatic rings. The van der Waals surface area contributed by atoms with E-state index >= 15 is 0 Å². The first-order valence-electron chi connectivity index (χ1n) is 8.25. The predicted molar refractivity (Wildman–Crippen MR) is 82.8 cm³/mol. The van der Waals surface area contributed by atoms with Crippen LogP contribution in [0.4, 0.5) is 0 Å². The third-order valence-electron chi connectivity index (χ3n) is 5.26. The van der Waals surface area contributed by atoms with Crippen molar-refractivity contribution in [1.29, 1.82) is 0 Å². The molecule has 0 saturated heterocycles. The van der Waals surface area contributed by atoms with Gasteiger partial charge in [-0.25, -0.2) is 5.32 Å². The fourth-order valence-corrected chi connectivity index (χ4v) is 4.29. The lowest BCUT2D eigenvalue weighted by atomic mass is 9.72. The normalized spacial score (nSPS) is 36.0. The highest BCUT2D eigenvalue weighted by Crippen LogP contribution is 2.46. The van der Waals surface area contributed by atoms with Crippen LogP contribution in [0.5, 0.6) is 0 Å². The molecular formula is C17H28N3+. The minimum Gasteiger partial charge on any atom is -0.291 e. The first kappa shape index (κ1) is 13.7. The van der Waals surface area contributed by atoms with Crippen molar-refractivity contribution in [1.82, 2.24) is 5.32 Å². The highest BCUT2D eigenvalue weighted by atomic mass is 15.1. The van der Waals surface area contributed by atoms with Crippen LogP contribution in [-0.4, -0.2) is 12.0 Å². The summed E-state index contributed by atoms with van der Waals surface area (Å²) in [4.78, 5) is 3.43. The molecule has 0 spiro atoms. The van der Waals surface area contributed by atoms with Gasteiger partial charge in [0.1, 0.15) is 0 Å². The van der Waals surface area contributed by atoms with Gasteiger partial charge in [0.15, 0.2) is 0 Å². The summed E-state index contributed by atoms with van der Waals surface area (Å²) < 4.78 is 0. The van der Waals surface area contributed by atoms with Crippen molar-refractivity contribution >= 4 is 5.96 Å². The van der Waals surface area contributed by atoms with Crippen molar-refractivity contribution in [3.05, 3.63) is 23.4 Å². The van der Waals surface area contributed by atoms with Crippen LogP contribution in [0.3, 0.4) is 0 Å². The zero-order valence-corrected chi connectivity index (χ0v) is 12.8. The van der Waals surface area contributed by atoms with Crippen molar-refractivity contribution in [3.8, 4) is 0 Å². The average molecular weight is 274 g/mol. The van der Waals surface area contributed by atoms with Crippen molar-refractivity contribution in [3.63, 3.8) is 0 Å². The van der Waals surface area contributed by atoms with Gasteiger partial charge in [-0.3, -0.25) is 10.7 Å². The number of nitrogens with one attached hydrogen (secondary N) is 2. The summed E-state index contributed by atoms with van der Waals surface area (Å²) in [5.74, 6) is 2.91. The summed E-state index contributed by atoms with van der Waals surface area (Å²) in [6.45, 7) is 4.64. The molecule has 110 valence electrons. The van der Waals surface area contributed by atoms with E-state index in [9.17, 15) is 0 Å². The van der Waals surface area contributed by atoms with Gasteiger partial charge in [-0.2, -0.15) is 0 Å². The van der Waals surface area contributed by atoms with E-state index < -0.39 is 0 Å². The van der Waals surface area contributed by atoms with Crippen LogP contribution < -0.4 is 16.0 Å². The van der Waals surface area contributed by atoms with E-state index in [-0.39, 0.29) is 0 Å². The molecule has 3 rings (SSSR count). The quantitative estimate of drug-likeness (QED) is 0.679. The monoisotopic (exact) mass is 274 g/mol. The molecule has 1 heterocycles. The lowest BCUT2D eigenvalue weighted by Crippen LogP contribution is -2.86. The van der Waals surface area contributed by atoms with Gasteiger partial charge in [0.2, 0.25) is 0 Å². The average Bonchev–Trinajstić information content (AvgIpc) is 2.80. The maximum absolute atomic E-state index is 6.05. The molecule has 0 radical (unpaired) electrons. The summed E-state index contributed by atoms with van der Waals surface area (Å²) in [5, 5.41) is 3.47. The Morgan fingerprint density at radius 3 is 3.00 bits per heavy atom. The Morgan fingerprint density at radius 1 is 1.35 bits per heavy atom. The molecule has 0 aromatic carbocycles. The number of nitrogens with two attached hydrogens (primary N) is 1. The minimum absolute atomic E-state index is 0.505. The Bertz CT molecular complexity index is 461. The summed E-state index contributed by atoms with van der Waals surface area (Å²) in [6.07, 6.45) is 12.2. The van der Waals surface area contributed by atoms with Crippen molar-refractivity contribution in [2.45, 2.75) is 58.4 Å². The van der Waals surface area contributed by atoms with Crippen molar-refractivity contribution in [2.24, 2.45) is 23.5 Å². The Labute approximate surface area is 122 Å². The highest BCUT2D eigenvalue weighted by molar-refractivity contribution is 5.75. The van der Waals surface area contributed by atoms with Crippen molar-refractivity contribution < 1.29 is 4.99 Å². The predicted octanol–water partition coefficient (Wildman–Crippen LogP) is 1.42. The first-order valence-corrected chi connectivity index (χ1v) is 8.25. The SMILES string of the molecule is CCC/C=C\C[C@@H]1C2=C3[C@@H](CC[C@@H]3[NH+]=C(N)N2)C[C@H]1C. The van der Waals surface area contributed by atoms with Gasteiger partial charge in [-0.15, -0.1) is 0 Å². The van der Waals surface area contributed by atoms with E-state index in [0.29, 0.717) is 12.0 Å². The fraction of sp³-hybridized carbons (Fsp3) is 0.706. The molecule has 3 heteroatoms. The second-order valence-corrected chi connectivity index (χ2v) is 6.69. The van der Waals surface area contributed by atoms with E-state index in [0.717, 1.165) is 24.2 Å². The third-order valence-corrected chi connectivity index (χ3v) is 5.26. The van der Waals surface area contributed by atoms with Crippen LogP contribution >= 0.6 is 0 Å². The van der Waals surface area contributed by atoms with Gasteiger partial charge < -0.3 is 0 Å². The Hall–Kier alpha value is -1.25. The van der Waals surface area contributed by atoms with Crippen LogP contribution in [0.25, 0.3) is 0 Å². The van der Waals surface area contributed by atoms with E-state index in [1.54, 1.807) is 5.57 Å². The summed E-state index contributed by atoms with van der Waals surface area (Å²) in [5.41, 5.74) is 9.15. The van der Waals surface area contributed by atoms with Gasteiger partial charge in [0.25, 0.3) is 0 Å². The minimum atomic E-state index is 0.505. The van der Waals surface area contributed by atoms with Gasteiger partial charge in [-0.05, 0) is 43.9 Å². The molecule has 1 fully saturated rings. The van der Waals surface area contributed by atoms with Crippen molar-refractivity contribution in [2.75, 3.05) is 0 Å². The van der Waals surface area contributed by atoms with E-state index in [2.05, 4.69) is 36.3 Å². The molecule has 4 N–H and O–H groups in total. The molecule has 0 bridgehead atoms. The molecule has 2 aliphatic carbocycles. The maximum Gasteiger partial charge on any atom is 0.346 e. The zero-order chi connectivity index (χ0) is 14.1. The second kappa shape index (κ2) is 5.63. The summed E-state index contributed by atoms with van der Waals surface area (Å²) in [6, 6.07) is 0.505. The lowest BCUT2D eigenvalue weighted by Gasteiger charge is -2.36. The number of unbranched alkanes of at least 4 members (excludes halogenated alkanes) is 1. The van der Waals surface area contributed by atoms with Gasteiger partial charge in [0.05, 0.1) is 11.7 Å². The molecule has 4 atom stereocenters. The molecule has 1 aliphatic heterocycles. The number of allylic oxidation sites excluding steroid dienone is 3. The van der Waals surface area contributed by atoms with Crippen LogP contribution in [0.1, 0.15) is 52.4 Å². The second-order valence-electron chi connectivity index (χ2n) is 6.69. The Kier molecular flexibility index (Phi) is 3.86. The summed E-state index contributed by atoms with van der Waals surface area (Å²) >= 11 is 0. The molecule has 0 amide bonds. The smallest absolute Gasteiger partial charge is 0.291 e. The Balaban J connectivity index is 1.82. The van der Waals surface area contributed by atoms with Crippen LogP contribution in [0, 0.1) is 17.8 Å². The number of rotatable bonds is 4. The largest absolute Gasteiger partial charge is 0.346 e. The van der Waals surface area contributed by atoms with Gasteiger partial charge >= 0.3 is 5.96 Å². The van der Waals surface area contributed by atoms with Gasteiger partial charge in [0, 0.05) is 11.5 Å². The molecule has 3 nitrogen and oxygen atoms in total. The van der Waals surface area contributed by atoms with Crippen LogP contribution in [0.15, 0.2) is 23.4 Å². The lowest BCUT2D eigenvalue weighted by molar-refractivity contribution is -0.495. The molecule has 0 unspecified atom stereocenters. The molecule has 20 heavy (non-hydrogen) atoms.